The zero-order valence-electron chi connectivity index (χ0n) is 26.6. The maximum Gasteiger partial charge on any atom is 0.251 e. The molecule has 0 unspecified atom stereocenters. The van der Waals surface area contributed by atoms with Crippen LogP contribution in [0.5, 0.6) is 5.75 Å². The van der Waals surface area contributed by atoms with Crippen molar-refractivity contribution in [3.05, 3.63) is 29.8 Å². The first-order valence-electron chi connectivity index (χ1n) is 14.0. The van der Waals surface area contributed by atoms with Gasteiger partial charge >= 0.3 is 0 Å². The SMILES string of the molecule is C.C.CC(C)(C)C(=O)CCCNC(=O)C(C)(C)C.CC(C)(C)Oc1cccc(C(=O)NCCCC(=O)C(C)(C)C)c1. The van der Waals surface area contributed by atoms with E-state index in [0.29, 0.717) is 43.7 Å². The van der Waals surface area contributed by atoms with E-state index in [1.807, 2.05) is 89.2 Å². The highest BCUT2D eigenvalue weighted by Gasteiger charge is 2.23. The highest BCUT2D eigenvalue weighted by atomic mass is 16.5. The number of hydrogen-bond donors (Lipinski definition) is 2. The molecule has 2 amide bonds. The molecular weight excluding hydrogens is 516 g/mol. The number of hydrogen-bond acceptors (Lipinski definition) is 5. The molecule has 7 nitrogen and oxygen atoms in total. The van der Waals surface area contributed by atoms with Crippen molar-refractivity contribution in [2.45, 2.75) is 129 Å². The summed E-state index contributed by atoms with van der Waals surface area (Å²) in [4.78, 5) is 47.1. The molecule has 0 fully saturated rings. The Balaban J connectivity index is -0.000000714. The number of Topliss-reactive ketones (excluding diaryl/α,β-unsaturated/α-hetero) is 2. The zero-order valence-corrected chi connectivity index (χ0v) is 26.6. The van der Waals surface area contributed by atoms with Gasteiger partial charge in [0.1, 0.15) is 22.9 Å². The summed E-state index contributed by atoms with van der Waals surface area (Å²) in [6, 6.07) is 7.13. The van der Waals surface area contributed by atoms with Crippen molar-refractivity contribution in [2.24, 2.45) is 16.2 Å². The van der Waals surface area contributed by atoms with E-state index < -0.39 is 0 Å². The standard InChI is InChI=1S/C19H29NO3.C13H25NO2.2CH4/c1-18(2,3)16(21)11-8-12-20-17(22)14-9-7-10-15(13-14)23-19(4,5)6;1-12(2,3)10(15)8-7-9-14-11(16)13(4,5)6;;/h7,9-10,13H,8,11-12H2,1-6H3,(H,20,22);7-9H2,1-6H3,(H,14,16);2*1H4. The number of rotatable bonds is 10. The van der Waals surface area contributed by atoms with E-state index in [2.05, 4.69) is 10.6 Å². The molecule has 0 radical (unpaired) electrons. The van der Waals surface area contributed by atoms with Crippen LogP contribution in [0.1, 0.15) is 134 Å². The molecular formula is C34H62N2O5. The van der Waals surface area contributed by atoms with Gasteiger partial charge in [-0.05, 0) is 51.8 Å². The number of ketones is 2. The van der Waals surface area contributed by atoms with Gasteiger partial charge in [0, 0.05) is 47.7 Å². The van der Waals surface area contributed by atoms with Crippen LogP contribution >= 0.6 is 0 Å². The minimum Gasteiger partial charge on any atom is -0.488 e. The van der Waals surface area contributed by atoms with Crippen molar-refractivity contribution in [2.75, 3.05) is 13.1 Å². The Morgan fingerprint density at radius 3 is 1.49 bits per heavy atom. The summed E-state index contributed by atoms with van der Waals surface area (Å²) >= 11 is 0. The van der Waals surface area contributed by atoms with E-state index in [-0.39, 0.29) is 60.1 Å². The molecule has 1 aromatic rings. The van der Waals surface area contributed by atoms with Crippen molar-refractivity contribution in [3.8, 4) is 5.75 Å². The largest absolute Gasteiger partial charge is 0.488 e. The van der Waals surface area contributed by atoms with Gasteiger partial charge in [-0.25, -0.2) is 0 Å². The zero-order chi connectivity index (χ0) is 30.7. The molecule has 0 aliphatic carbocycles. The van der Waals surface area contributed by atoms with Crippen molar-refractivity contribution < 1.29 is 23.9 Å². The Kier molecular flexibility index (Phi) is 18.7. The highest BCUT2D eigenvalue weighted by molar-refractivity contribution is 5.94. The molecule has 0 aliphatic heterocycles. The molecule has 0 aliphatic rings. The van der Waals surface area contributed by atoms with Gasteiger partial charge in [-0.3, -0.25) is 19.2 Å². The van der Waals surface area contributed by atoms with Crippen LogP contribution in [-0.2, 0) is 14.4 Å². The maximum absolute atomic E-state index is 12.2. The van der Waals surface area contributed by atoms with E-state index in [0.717, 1.165) is 6.42 Å². The van der Waals surface area contributed by atoms with Gasteiger partial charge in [-0.1, -0.05) is 83.2 Å². The summed E-state index contributed by atoms with van der Waals surface area (Å²) in [5, 5.41) is 5.69. The first-order valence-corrected chi connectivity index (χ1v) is 14.0. The van der Waals surface area contributed by atoms with Gasteiger partial charge in [0.05, 0.1) is 0 Å². The third-order valence-corrected chi connectivity index (χ3v) is 5.61. The van der Waals surface area contributed by atoms with E-state index in [1.54, 1.807) is 18.2 Å². The molecule has 0 aromatic heterocycles. The second kappa shape index (κ2) is 18.0. The van der Waals surface area contributed by atoms with Crippen LogP contribution in [0, 0.1) is 16.2 Å². The minimum absolute atomic E-state index is 0. The first-order chi connectivity index (χ1) is 17.5. The van der Waals surface area contributed by atoms with Crippen LogP contribution in [0.25, 0.3) is 0 Å². The Bertz CT molecular complexity index is 927. The van der Waals surface area contributed by atoms with Gasteiger partial charge in [-0.2, -0.15) is 0 Å². The van der Waals surface area contributed by atoms with Gasteiger partial charge in [0.2, 0.25) is 5.91 Å². The average Bonchev–Trinajstić information content (AvgIpc) is 2.76. The molecule has 7 heteroatoms. The normalized spacial score (nSPS) is 11.5. The predicted molar refractivity (Wildman–Crippen MR) is 172 cm³/mol. The molecule has 41 heavy (non-hydrogen) atoms. The minimum atomic E-state index is -0.353. The number of carbonyl (C=O) groups is 4. The molecule has 238 valence electrons. The topological polar surface area (TPSA) is 102 Å². The summed E-state index contributed by atoms with van der Waals surface area (Å²) in [7, 11) is 0. The molecule has 0 saturated carbocycles. The van der Waals surface area contributed by atoms with E-state index in [9.17, 15) is 19.2 Å². The lowest BCUT2D eigenvalue weighted by molar-refractivity contribution is -0.129. The van der Waals surface area contributed by atoms with E-state index in [4.69, 9.17) is 4.74 Å². The quantitative estimate of drug-likeness (QED) is 0.276. The Hall–Kier alpha value is -2.70. The lowest BCUT2D eigenvalue weighted by Crippen LogP contribution is -2.35. The van der Waals surface area contributed by atoms with Crippen molar-refractivity contribution in [1.82, 2.24) is 10.6 Å². The lowest BCUT2D eigenvalue weighted by Gasteiger charge is -2.21. The molecule has 0 bridgehead atoms. The lowest BCUT2D eigenvalue weighted by atomic mass is 9.88. The molecule has 0 spiro atoms. The predicted octanol–water partition coefficient (Wildman–Crippen LogP) is 7.81. The number of benzene rings is 1. The summed E-state index contributed by atoms with van der Waals surface area (Å²) in [5.41, 5.74) is -0.679. The molecule has 0 heterocycles. The van der Waals surface area contributed by atoms with Gasteiger partial charge in [0.15, 0.2) is 0 Å². The summed E-state index contributed by atoms with van der Waals surface area (Å²) in [6.45, 7) is 24.1. The number of nitrogens with one attached hydrogen (secondary N) is 2. The second-order valence-electron chi connectivity index (χ2n) is 14.1. The van der Waals surface area contributed by atoms with Crippen molar-refractivity contribution >= 4 is 23.4 Å². The Labute approximate surface area is 252 Å². The maximum atomic E-state index is 12.2. The van der Waals surface area contributed by atoms with Crippen molar-refractivity contribution in [1.29, 1.82) is 0 Å². The summed E-state index contributed by atoms with van der Waals surface area (Å²) < 4.78 is 5.76. The molecule has 1 rings (SSSR count). The van der Waals surface area contributed by atoms with E-state index in [1.165, 1.54) is 0 Å². The van der Waals surface area contributed by atoms with Crippen LogP contribution in [-0.4, -0.2) is 42.1 Å². The van der Waals surface area contributed by atoms with Crippen molar-refractivity contribution in [3.63, 3.8) is 0 Å². The average molecular weight is 579 g/mol. The second-order valence-corrected chi connectivity index (χ2v) is 14.1. The fourth-order valence-corrected chi connectivity index (χ4v) is 3.07. The van der Waals surface area contributed by atoms with Crippen LogP contribution in [0.2, 0.25) is 0 Å². The summed E-state index contributed by atoms with van der Waals surface area (Å²) in [6.07, 6.45) is 2.39. The number of amides is 2. The fourth-order valence-electron chi connectivity index (χ4n) is 3.07. The fraction of sp³-hybridized carbons (Fsp3) is 0.706. The van der Waals surface area contributed by atoms with Gasteiger partial charge < -0.3 is 15.4 Å². The third kappa shape index (κ3) is 19.9. The molecule has 2 N–H and O–H groups in total. The van der Waals surface area contributed by atoms with Crippen LogP contribution in [0.3, 0.4) is 0 Å². The van der Waals surface area contributed by atoms with Crippen LogP contribution in [0.15, 0.2) is 24.3 Å². The smallest absolute Gasteiger partial charge is 0.251 e. The van der Waals surface area contributed by atoms with Gasteiger partial charge in [-0.15, -0.1) is 0 Å². The number of carbonyl (C=O) groups excluding carboxylic acids is 4. The summed E-state index contributed by atoms with van der Waals surface area (Å²) in [5.74, 6) is 1.03. The third-order valence-electron chi connectivity index (χ3n) is 5.61. The highest BCUT2D eigenvalue weighted by Crippen LogP contribution is 2.20. The van der Waals surface area contributed by atoms with Crippen LogP contribution in [0.4, 0.5) is 0 Å². The molecule has 0 atom stereocenters. The Morgan fingerprint density at radius 1 is 0.659 bits per heavy atom. The first kappa shape index (κ1) is 42.8. The number of ether oxygens (including phenoxy) is 1. The van der Waals surface area contributed by atoms with Gasteiger partial charge in [0.25, 0.3) is 5.91 Å². The molecule has 1 aromatic carbocycles. The molecule has 0 saturated heterocycles. The Morgan fingerprint density at radius 2 is 1.10 bits per heavy atom. The van der Waals surface area contributed by atoms with E-state index >= 15 is 0 Å². The monoisotopic (exact) mass is 578 g/mol. The van der Waals surface area contributed by atoms with Crippen LogP contribution < -0.4 is 15.4 Å².